The zero-order valence-corrected chi connectivity index (χ0v) is 8.71. The van der Waals surface area contributed by atoms with E-state index >= 15 is 0 Å². The molecule has 4 nitrogen and oxygen atoms in total. The SMILES string of the molecule is CCN1c2cccc(N)c2CS1(=O)=O. The van der Waals surface area contributed by atoms with Crippen molar-refractivity contribution < 1.29 is 8.42 Å². The van der Waals surface area contributed by atoms with Crippen LogP contribution in [0.2, 0.25) is 0 Å². The summed E-state index contributed by atoms with van der Waals surface area (Å²) >= 11 is 0. The molecule has 0 saturated heterocycles. The van der Waals surface area contributed by atoms with Gasteiger partial charge in [0.25, 0.3) is 0 Å². The number of sulfonamides is 1. The molecule has 0 bridgehead atoms. The number of anilines is 2. The third-order valence-corrected chi connectivity index (χ3v) is 4.19. The number of nitrogen functional groups attached to an aromatic ring is 1. The predicted octanol–water partition coefficient (Wildman–Crippen LogP) is 0.939. The topological polar surface area (TPSA) is 63.4 Å². The molecule has 1 heterocycles. The zero-order chi connectivity index (χ0) is 10.3. The molecule has 2 N–H and O–H groups in total. The molecule has 0 unspecified atom stereocenters. The molecule has 0 fully saturated rings. The minimum absolute atomic E-state index is 0.0306. The van der Waals surface area contributed by atoms with Crippen LogP contribution >= 0.6 is 0 Å². The molecule has 1 aromatic rings. The first-order valence-corrected chi connectivity index (χ1v) is 6.05. The maximum atomic E-state index is 11.7. The number of hydrogen-bond acceptors (Lipinski definition) is 3. The van der Waals surface area contributed by atoms with Crippen LogP contribution in [0.15, 0.2) is 18.2 Å². The zero-order valence-electron chi connectivity index (χ0n) is 7.90. The van der Waals surface area contributed by atoms with E-state index < -0.39 is 10.0 Å². The summed E-state index contributed by atoms with van der Waals surface area (Å²) < 4.78 is 24.7. The van der Waals surface area contributed by atoms with Crippen molar-refractivity contribution in [2.75, 3.05) is 16.6 Å². The Kier molecular flexibility index (Phi) is 1.92. The van der Waals surface area contributed by atoms with E-state index in [0.29, 0.717) is 12.2 Å². The summed E-state index contributed by atoms with van der Waals surface area (Å²) in [5.74, 6) is 0.0306. The number of nitrogens with two attached hydrogens (primary N) is 1. The largest absolute Gasteiger partial charge is 0.398 e. The van der Waals surface area contributed by atoms with Crippen LogP contribution in [0.4, 0.5) is 11.4 Å². The van der Waals surface area contributed by atoms with Crippen LogP contribution in [-0.2, 0) is 15.8 Å². The molecule has 0 radical (unpaired) electrons. The highest BCUT2D eigenvalue weighted by molar-refractivity contribution is 7.92. The van der Waals surface area contributed by atoms with Gasteiger partial charge in [0, 0.05) is 17.8 Å². The molecule has 0 amide bonds. The van der Waals surface area contributed by atoms with Gasteiger partial charge in [-0.15, -0.1) is 0 Å². The molecule has 2 rings (SSSR count). The molecule has 0 aliphatic carbocycles. The Balaban J connectivity index is 2.65. The number of benzene rings is 1. The Morgan fingerprint density at radius 3 is 2.86 bits per heavy atom. The summed E-state index contributed by atoms with van der Waals surface area (Å²) in [5, 5.41) is 0. The molecule has 0 saturated carbocycles. The lowest BCUT2D eigenvalue weighted by molar-refractivity contribution is 0.594. The maximum Gasteiger partial charge on any atom is 0.239 e. The summed E-state index contributed by atoms with van der Waals surface area (Å²) in [5.41, 5.74) is 7.74. The van der Waals surface area contributed by atoms with Gasteiger partial charge < -0.3 is 5.73 Å². The Morgan fingerprint density at radius 2 is 2.21 bits per heavy atom. The first-order valence-electron chi connectivity index (χ1n) is 4.44. The minimum atomic E-state index is -3.17. The molecule has 1 aliphatic rings. The Labute approximate surface area is 83.4 Å². The molecule has 1 aliphatic heterocycles. The highest BCUT2D eigenvalue weighted by atomic mass is 32.2. The summed E-state index contributed by atoms with van der Waals surface area (Å²) in [4.78, 5) is 0. The molecule has 0 aromatic heterocycles. The quantitative estimate of drug-likeness (QED) is 0.705. The summed E-state index contributed by atoms with van der Waals surface area (Å²) in [6.07, 6.45) is 0. The average molecular weight is 212 g/mol. The molecule has 5 heteroatoms. The van der Waals surface area contributed by atoms with Crippen molar-refractivity contribution in [2.45, 2.75) is 12.7 Å². The maximum absolute atomic E-state index is 11.7. The van der Waals surface area contributed by atoms with E-state index in [4.69, 9.17) is 5.73 Å². The van der Waals surface area contributed by atoms with Crippen molar-refractivity contribution in [2.24, 2.45) is 0 Å². The predicted molar refractivity (Wildman–Crippen MR) is 56.5 cm³/mol. The highest BCUT2D eigenvalue weighted by Gasteiger charge is 2.32. The lowest BCUT2D eigenvalue weighted by Gasteiger charge is -2.15. The van der Waals surface area contributed by atoms with Crippen molar-refractivity contribution >= 4 is 21.4 Å². The smallest absolute Gasteiger partial charge is 0.239 e. The van der Waals surface area contributed by atoms with Crippen molar-refractivity contribution in [3.05, 3.63) is 23.8 Å². The first-order chi connectivity index (χ1) is 6.56. The molecule has 0 spiro atoms. The molecule has 76 valence electrons. The van der Waals surface area contributed by atoms with Crippen LogP contribution < -0.4 is 10.0 Å². The van der Waals surface area contributed by atoms with Gasteiger partial charge >= 0.3 is 0 Å². The monoisotopic (exact) mass is 212 g/mol. The van der Waals surface area contributed by atoms with Gasteiger partial charge in [-0.2, -0.15) is 0 Å². The molecular weight excluding hydrogens is 200 g/mol. The van der Waals surface area contributed by atoms with Gasteiger partial charge in [-0.25, -0.2) is 8.42 Å². The number of hydrogen-bond donors (Lipinski definition) is 1. The lowest BCUT2D eigenvalue weighted by Crippen LogP contribution is -2.25. The fourth-order valence-electron chi connectivity index (χ4n) is 1.76. The third-order valence-electron chi connectivity index (χ3n) is 2.41. The van der Waals surface area contributed by atoms with Gasteiger partial charge in [0.05, 0.1) is 11.4 Å². The van der Waals surface area contributed by atoms with Gasteiger partial charge in [0.15, 0.2) is 0 Å². The van der Waals surface area contributed by atoms with E-state index in [9.17, 15) is 8.42 Å². The van der Waals surface area contributed by atoms with E-state index in [1.54, 1.807) is 18.2 Å². The first kappa shape index (κ1) is 9.33. The van der Waals surface area contributed by atoms with Crippen LogP contribution in [0.25, 0.3) is 0 Å². The van der Waals surface area contributed by atoms with Gasteiger partial charge in [-0.1, -0.05) is 6.07 Å². The van der Waals surface area contributed by atoms with E-state index in [2.05, 4.69) is 0 Å². The van der Waals surface area contributed by atoms with Gasteiger partial charge in [0.1, 0.15) is 0 Å². The van der Waals surface area contributed by atoms with Gasteiger partial charge in [0.2, 0.25) is 10.0 Å². The fourth-order valence-corrected chi connectivity index (χ4v) is 3.46. The van der Waals surface area contributed by atoms with E-state index in [0.717, 1.165) is 11.3 Å². The van der Waals surface area contributed by atoms with Crippen LogP contribution in [-0.4, -0.2) is 15.0 Å². The van der Waals surface area contributed by atoms with Crippen LogP contribution in [0, 0.1) is 0 Å². The fraction of sp³-hybridized carbons (Fsp3) is 0.333. The van der Waals surface area contributed by atoms with Crippen LogP contribution in [0.1, 0.15) is 12.5 Å². The Morgan fingerprint density at radius 1 is 1.50 bits per heavy atom. The van der Waals surface area contributed by atoms with E-state index in [1.807, 2.05) is 6.92 Å². The normalized spacial score (nSPS) is 18.2. The standard InChI is InChI=1S/C9H12N2O2S/c1-2-11-9-5-3-4-8(10)7(9)6-14(11,12)13/h3-5H,2,6,10H2,1H3. The Bertz CT molecular complexity index is 468. The molecule has 0 atom stereocenters. The second-order valence-electron chi connectivity index (χ2n) is 3.27. The molecule has 14 heavy (non-hydrogen) atoms. The van der Waals surface area contributed by atoms with Crippen LogP contribution in [0.3, 0.4) is 0 Å². The van der Waals surface area contributed by atoms with E-state index in [1.165, 1.54) is 4.31 Å². The second-order valence-corrected chi connectivity index (χ2v) is 5.16. The van der Waals surface area contributed by atoms with Crippen LogP contribution in [0.5, 0.6) is 0 Å². The summed E-state index contributed by atoms with van der Waals surface area (Å²) in [6, 6.07) is 5.30. The third kappa shape index (κ3) is 1.16. The van der Waals surface area contributed by atoms with Crippen molar-refractivity contribution in [1.29, 1.82) is 0 Å². The number of fused-ring (bicyclic) bond motifs is 1. The van der Waals surface area contributed by atoms with Crippen molar-refractivity contribution in [3.63, 3.8) is 0 Å². The van der Waals surface area contributed by atoms with Gasteiger partial charge in [-0.3, -0.25) is 4.31 Å². The lowest BCUT2D eigenvalue weighted by atomic mass is 10.1. The van der Waals surface area contributed by atoms with Gasteiger partial charge in [-0.05, 0) is 19.1 Å². The minimum Gasteiger partial charge on any atom is -0.398 e. The van der Waals surface area contributed by atoms with Crippen molar-refractivity contribution in [3.8, 4) is 0 Å². The Hall–Kier alpha value is -1.23. The second kappa shape index (κ2) is 2.88. The summed E-state index contributed by atoms with van der Waals surface area (Å²) in [6.45, 7) is 2.27. The molecule has 1 aromatic carbocycles. The summed E-state index contributed by atoms with van der Waals surface area (Å²) in [7, 11) is -3.17. The molecular formula is C9H12N2O2S. The number of nitrogens with zero attached hydrogens (tertiary/aromatic N) is 1. The highest BCUT2D eigenvalue weighted by Crippen LogP contribution is 2.36. The van der Waals surface area contributed by atoms with E-state index in [-0.39, 0.29) is 5.75 Å². The number of rotatable bonds is 1. The van der Waals surface area contributed by atoms with Crippen molar-refractivity contribution in [1.82, 2.24) is 0 Å². The average Bonchev–Trinajstić information content (AvgIpc) is 2.37.